The van der Waals surface area contributed by atoms with Crippen molar-refractivity contribution in [3.8, 4) is 0 Å². The molecule has 2 saturated heterocycles. The third-order valence-electron chi connectivity index (χ3n) is 3.15. The summed E-state index contributed by atoms with van der Waals surface area (Å²) in [6.45, 7) is 5.36. The zero-order valence-corrected chi connectivity index (χ0v) is 8.80. The molecule has 0 bridgehead atoms. The van der Waals surface area contributed by atoms with Gasteiger partial charge < -0.3 is 20.6 Å². The maximum atomic E-state index is 8.58. The summed E-state index contributed by atoms with van der Waals surface area (Å²) in [6, 6.07) is 0.522. The summed E-state index contributed by atoms with van der Waals surface area (Å²) in [5.74, 6) is 0.228. The Hall–Kier alpha value is -1.01. The van der Waals surface area contributed by atoms with Crippen LogP contribution in [0.3, 0.4) is 0 Å². The van der Waals surface area contributed by atoms with E-state index in [2.05, 4.69) is 10.1 Å². The monoisotopic (exact) mass is 214 g/mol. The van der Waals surface area contributed by atoms with Crippen LogP contribution in [0.25, 0.3) is 0 Å². The summed E-state index contributed by atoms with van der Waals surface area (Å²) in [4.78, 5) is 4.34. The minimum Gasteiger partial charge on any atom is -0.408 e. The Kier molecular flexibility index (Phi) is 3.27. The molecule has 6 heteroatoms. The first-order valence-corrected chi connectivity index (χ1v) is 5.35. The highest BCUT2D eigenvalue weighted by Gasteiger charge is 2.29. The smallest absolute Gasteiger partial charge is 0.233 e. The maximum absolute atomic E-state index is 8.58. The first-order chi connectivity index (χ1) is 7.31. The highest BCUT2D eigenvalue weighted by molar-refractivity contribution is 5.77. The number of nitrogens with two attached hydrogens (primary N) is 1. The van der Waals surface area contributed by atoms with E-state index < -0.39 is 0 Å². The van der Waals surface area contributed by atoms with Crippen molar-refractivity contribution in [1.82, 2.24) is 9.80 Å². The lowest BCUT2D eigenvalue weighted by atomic mass is 10.2. The van der Waals surface area contributed by atoms with E-state index in [9.17, 15) is 0 Å². The highest BCUT2D eigenvalue weighted by atomic mass is 16.5. The van der Waals surface area contributed by atoms with Crippen LogP contribution in [-0.4, -0.2) is 66.4 Å². The molecule has 0 saturated carbocycles. The van der Waals surface area contributed by atoms with Gasteiger partial charge in [-0.15, -0.1) is 0 Å². The molecule has 86 valence electrons. The summed E-state index contributed by atoms with van der Waals surface area (Å²) >= 11 is 0. The van der Waals surface area contributed by atoms with Crippen molar-refractivity contribution < 1.29 is 9.94 Å². The van der Waals surface area contributed by atoms with E-state index in [0.717, 1.165) is 45.8 Å². The molecule has 0 amide bonds. The third kappa shape index (κ3) is 2.32. The lowest BCUT2D eigenvalue weighted by molar-refractivity contribution is 0.0194. The number of nitrogens with zero attached hydrogens (tertiary/aromatic N) is 3. The third-order valence-corrected chi connectivity index (χ3v) is 3.15. The predicted octanol–water partition coefficient (Wildman–Crippen LogP) is -0.903. The fourth-order valence-corrected chi connectivity index (χ4v) is 2.25. The minimum atomic E-state index is 0.228. The normalized spacial score (nSPS) is 29.7. The molecule has 0 aliphatic carbocycles. The molecule has 2 rings (SSSR count). The van der Waals surface area contributed by atoms with Gasteiger partial charge in [0.1, 0.15) is 0 Å². The van der Waals surface area contributed by atoms with Crippen LogP contribution in [0.5, 0.6) is 0 Å². The number of oxime groups is 1. The maximum Gasteiger partial charge on any atom is 0.233 e. The van der Waals surface area contributed by atoms with Crippen molar-refractivity contribution in [2.75, 3.05) is 39.4 Å². The van der Waals surface area contributed by atoms with E-state index in [4.69, 9.17) is 15.7 Å². The van der Waals surface area contributed by atoms with Crippen LogP contribution in [0, 0.1) is 0 Å². The molecule has 3 N–H and O–H groups in total. The first-order valence-electron chi connectivity index (χ1n) is 5.35. The molecule has 0 aromatic rings. The minimum absolute atomic E-state index is 0.228. The SMILES string of the molecule is NC(=NO)N1CCC(N2CCOCC2)C1. The van der Waals surface area contributed by atoms with Crippen LogP contribution in [0.15, 0.2) is 5.16 Å². The Balaban J connectivity index is 1.86. The molecule has 2 aliphatic rings. The van der Waals surface area contributed by atoms with Gasteiger partial charge >= 0.3 is 0 Å². The van der Waals surface area contributed by atoms with Crippen LogP contribution in [0.2, 0.25) is 0 Å². The van der Waals surface area contributed by atoms with Gasteiger partial charge in [-0.05, 0) is 6.42 Å². The lowest BCUT2D eigenvalue weighted by Gasteiger charge is -2.32. The van der Waals surface area contributed by atoms with Gasteiger partial charge in [-0.1, -0.05) is 5.16 Å². The second kappa shape index (κ2) is 4.67. The van der Waals surface area contributed by atoms with Crippen molar-refractivity contribution >= 4 is 5.96 Å². The number of rotatable bonds is 1. The molecular weight excluding hydrogens is 196 g/mol. The molecule has 0 radical (unpaired) electrons. The van der Waals surface area contributed by atoms with Crippen LogP contribution >= 0.6 is 0 Å². The van der Waals surface area contributed by atoms with E-state index in [-0.39, 0.29) is 5.96 Å². The van der Waals surface area contributed by atoms with E-state index in [1.54, 1.807) is 0 Å². The van der Waals surface area contributed by atoms with Crippen LogP contribution in [-0.2, 0) is 4.74 Å². The highest BCUT2D eigenvalue weighted by Crippen LogP contribution is 2.16. The van der Waals surface area contributed by atoms with E-state index >= 15 is 0 Å². The predicted molar refractivity (Wildman–Crippen MR) is 55.8 cm³/mol. The molecule has 1 unspecified atom stereocenters. The molecule has 2 aliphatic heterocycles. The van der Waals surface area contributed by atoms with Crippen LogP contribution in [0.1, 0.15) is 6.42 Å². The Morgan fingerprint density at radius 2 is 2.07 bits per heavy atom. The van der Waals surface area contributed by atoms with Gasteiger partial charge in [0.2, 0.25) is 5.96 Å². The van der Waals surface area contributed by atoms with Crippen LogP contribution in [0.4, 0.5) is 0 Å². The number of morpholine rings is 1. The molecule has 0 aromatic carbocycles. The average molecular weight is 214 g/mol. The largest absolute Gasteiger partial charge is 0.408 e. The molecular formula is C9H18N4O2. The number of ether oxygens (including phenoxy) is 1. The van der Waals surface area contributed by atoms with Gasteiger partial charge in [-0.3, -0.25) is 4.90 Å². The van der Waals surface area contributed by atoms with E-state index in [0.29, 0.717) is 6.04 Å². The Morgan fingerprint density at radius 1 is 1.33 bits per heavy atom. The summed E-state index contributed by atoms with van der Waals surface area (Å²) in [5, 5.41) is 11.6. The fourth-order valence-electron chi connectivity index (χ4n) is 2.25. The second-order valence-corrected chi connectivity index (χ2v) is 4.00. The second-order valence-electron chi connectivity index (χ2n) is 4.00. The molecule has 2 fully saturated rings. The van der Waals surface area contributed by atoms with Gasteiger partial charge in [-0.25, -0.2) is 0 Å². The number of hydrogen-bond acceptors (Lipinski definition) is 4. The van der Waals surface area contributed by atoms with Gasteiger partial charge in [-0.2, -0.15) is 0 Å². The zero-order valence-electron chi connectivity index (χ0n) is 8.80. The Morgan fingerprint density at radius 3 is 2.73 bits per heavy atom. The van der Waals surface area contributed by atoms with Gasteiger partial charge in [0, 0.05) is 32.2 Å². The summed E-state index contributed by atoms with van der Waals surface area (Å²) in [7, 11) is 0. The topological polar surface area (TPSA) is 74.3 Å². The fraction of sp³-hybridized carbons (Fsp3) is 0.889. The summed E-state index contributed by atoms with van der Waals surface area (Å²) in [6.07, 6.45) is 1.08. The van der Waals surface area contributed by atoms with Gasteiger partial charge in [0.25, 0.3) is 0 Å². The molecule has 0 aromatic heterocycles. The summed E-state index contributed by atoms with van der Waals surface area (Å²) in [5.41, 5.74) is 5.55. The van der Waals surface area contributed by atoms with Gasteiger partial charge in [0.05, 0.1) is 13.2 Å². The van der Waals surface area contributed by atoms with E-state index in [1.165, 1.54) is 0 Å². The molecule has 6 nitrogen and oxygen atoms in total. The van der Waals surface area contributed by atoms with Crippen molar-refractivity contribution in [1.29, 1.82) is 0 Å². The van der Waals surface area contributed by atoms with Crippen LogP contribution < -0.4 is 5.73 Å². The lowest BCUT2D eigenvalue weighted by Crippen LogP contribution is -2.45. The number of hydrogen-bond donors (Lipinski definition) is 2. The zero-order chi connectivity index (χ0) is 10.7. The van der Waals surface area contributed by atoms with E-state index in [1.807, 2.05) is 4.90 Å². The number of guanidine groups is 1. The molecule has 15 heavy (non-hydrogen) atoms. The van der Waals surface area contributed by atoms with Gasteiger partial charge in [0.15, 0.2) is 0 Å². The van der Waals surface area contributed by atoms with Crippen molar-refractivity contribution in [2.45, 2.75) is 12.5 Å². The van der Waals surface area contributed by atoms with Crippen molar-refractivity contribution in [3.05, 3.63) is 0 Å². The quantitative estimate of drug-likeness (QED) is 0.256. The van der Waals surface area contributed by atoms with Crippen molar-refractivity contribution in [3.63, 3.8) is 0 Å². The standard InChI is InChI=1S/C9H18N4O2/c10-9(11-14)13-2-1-8(7-13)12-3-5-15-6-4-12/h8,14H,1-7H2,(H2,10,11). The Labute approximate surface area is 89.3 Å². The molecule has 0 spiro atoms. The first kappa shape index (κ1) is 10.5. The molecule has 1 atom stereocenters. The Bertz CT molecular complexity index is 240. The average Bonchev–Trinajstić information content (AvgIpc) is 2.78. The summed E-state index contributed by atoms with van der Waals surface area (Å²) < 4.78 is 5.31. The number of likely N-dealkylation sites (tertiary alicyclic amines) is 1. The molecule has 2 heterocycles. The van der Waals surface area contributed by atoms with Crippen molar-refractivity contribution in [2.24, 2.45) is 10.9 Å².